The SMILES string of the molecule is O=C(N[C@@H]1CCSC1=O)c1cccc(Cl)c1. The Kier molecular flexibility index (Phi) is 3.51. The van der Waals surface area contributed by atoms with E-state index < -0.39 is 0 Å². The topological polar surface area (TPSA) is 46.2 Å². The van der Waals surface area contributed by atoms with Crippen LogP contribution in [0.3, 0.4) is 0 Å². The van der Waals surface area contributed by atoms with Crippen LogP contribution in [-0.2, 0) is 4.79 Å². The first-order valence-corrected chi connectivity index (χ1v) is 6.26. The number of carbonyl (C=O) groups is 2. The molecular weight excluding hydrogens is 246 g/mol. The van der Waals surface area contributed by atoms with E-state index in [1.165, 1.54) is 11.8 Å². The number of halogens is 1. The van der Waals surface area contributed by atoms with Crippen LogP contribution in [0.5, 0.6) is 0 Å². The summed E-state index contributed by atoms with van der Waals surface area (Å²) in [4.78, 5) is 23.1. The molecule has 1 aromatic rings. The van der Waals surface area contributed by atoms with Gasteiger partial charge in [-0.1, -0.05) is 29.4 Å². The predicted molar refractivity (Wildman–Crippen MR) is 64.8 cm³/mol. The molecule has 1 fully saturated rings. The Hall–Kier alpha value is -1.00. The number of rotatable bonds is 2. The van der Waals surface area contributed by atoms with Crippen LogP contribution < -0.4 is 5.32 Å². The molecule has 1 saturated heterocycles. The number of hydrogen-bond donors (Lipinski definition) is 1. The molecule has 16 heavy (non-hydrogen) atoms. The zero-order valence-corrected chi connectivity index (χ0v) is 9.98. The normalized spacial score (nSPS) is 19.8. The molecule has 0 bridgehead atoms. The second-order valence-electron chi connectivity index (χ2n) is 3.49. The first-order valence-electron chi connectivity index (χ1n) is 4.90. The summed E-state index contributed by atoms with van der Waals surface area (Å²) in [6.07, 6.45) is 0.704. The highest BCUT2D eigenvalue weighted by Gasteiger charge is 2.26. The Morgan fingerprint density at radius 3 is 2.94 bits per heavy atom. The molecule has 0 radical (unpaired) electrons. The first-order chi connectivity index (χ1) is 7.66. The maximum atomic E-state index is 11.8. The van der Waals surface area contributed by atoms with Crippen LogP contribution >= 0.6 is 23.4 Å². The zero-order valence-electron chi connectivity index (χ0n) is 8.40. The molecule has 84 valence electrons. The van der Waals surface area contributed by atoms with Crippen molar-refractivity contribution in [2.24, 2.45) is 0 Å². The van der Waals surface area contributed by atoms with Gasteiger partial charge in [0.2, 0.25) is 5.12 Å². The molecule has 1 aliphatic heterocycles. The van der Waals surface area contributed by atoms with Gasteiger partial charge in [-0.15, -0.1) is 0 Å². The van der Waals surface area contributed by atoms with Crippen molar-refractivity contribution in [3.63, 3.8) is 0 Å². The van der Waals surface area contributed by atoms with Gasteiger partial charge in [-0.25, -0.2) is 0 Å². The second kappa shape index (κ2) is 4.89. The number of benzene rings is 1. The largest absolute Gasteiger partial charge is 0.341 e. The van der Waals surface area contributed by atoms with E-state index in [0.717, 1.165) is 5.75 Å². The molecule has 1 aliphatic rings. The van der Waals surface area contributed by atoms with Crippen molar-refractivity contribution < 1.29 is 9.59 Å². The van der Waals surface area contributed by atoms with Crippen molar-refractivity contribution in [3.8, 4) is 0 Å². The van der Waals surface area contributed by atoms with E-state index >= 15 is 0 Å². The number of hydrogen-bond acceptors (Lipinski definition) is 3. The zero-order chi connectivity index (χ0) is 11.5. The molecule has 2 rings (SSSR count). The summed E-state index contributed by atoms with van der Waals surface area (Å²) < 4.78 is 0. The van der Waals surface area contributed by atoms with E-state index in [1.54, 1.807) is 24.3 Å². The molecule has 0 aliphatic carbocycles. The van der Waals surface area contributed by atoms with Gasteiger partial charge < -0.3 is 5.32 Å². The summed E-state index contributed by atoms with van der Waals surface area (Å²) in [5, 5.41) is 3.26. The average Bonchev–Trinajstić information content (AvgIpc) is 2.64. The van der Waals surface area contributed by atoms with Crippen LogP contribution in [-0.4, -0.2) is 22.8 Å². The van der Waals surface area contributed by atoms with E-state index in [4.69, 9.17) is 11.6 Å². The highest BCUT2D eigenvalue weighted by atomic mass is 35.5. The smallest absolute Gasteiger partial charge is 0.251 e. The summed E-state index contributed by atoms with van der Waals surface area (Å²) in [6, 6.07) is 6.32. The van der Waals surface area contributed by atoms with Crippen molar-refractivity contribution in [2.75, 3.05) is 5.75 Å². The molecule has 0 unspecified atom stereocenters. The number of thioether (sulfide) groups is 1. The lowest BCUT2D eigenvalue weighted by Gasteiger charge is -2.09. The van der Waals surface area contributed by atoms with Crippen LogP contribution in [0, 0.1) is 0 Å². The van der Waals surface area contributed by atoms with Gasteiger partial charge in [0.1, 0.15) is 0 Å². The Bertz CT molecular complexity index is 436. The van der Waals surface area contributed by atoms with Gasteiger partial charge in [0.15, 0.2) is 0 Å². The van der Waals surface area contributed by atoms with Gasteiger partial charge in [0, 0.05) is 16.3 Å². The van der Waals surface area contributed by atoms with Crippen molar-refractivity contribution in [3.05, 3.63) is 34.9 Å². The highest BCUT2D eigenvalue weighted by molar-refractivity contribution is 8.14. The fourth-order valence-corrected chi connectivity index (χ4v) is 2.62. The first kappa shape index (κ1) is 11.5. The molecule has 1 amide bonds. The van der Waals surface area contributed by atoms with Gasteiger partial charge >= 0.3 is 0 Å². The van der Waals surface area contributed by atoms with E-state index in [2.05, 4.69) is 5.32 Å². The second-order valence-corrected chi connectivity index (χ2v) is 5.03. The number of nitrogens with one attached hydrogen (secondary N) is 1. The quantitative estimate of drug-likeness (QED) is 0.880. The summed E-state index contributed by atoms with van der Waals surface area (Å²) in [7, 11) is 0. The third kappa shape index (κ3) is 2.57. The Labute approximate surface area is 103 Å². The van der Waals surface area contributed by atoms with E-state index in [-0.39, 0.29) is 17.1 Å². The molecule has 3 nitrogen and oxygen atoms in total. The van der Waals surface area contributed by atoms with Gasteiger partial charge in [-0.3, -0.25) is 9.59 Å². The van der Waals surface area contributed by atoms with Crippen molar-refractivity contribution >= 4 is 34.4 Å². The van der Waals surface area contributed by atoms with Crippen LogP contribution in [0.1, 0.15) is 16.8 Å². The standard InChI is InChI=1S/C11H10ClNO2S/c12-8-3-1-2-7(6-8)10(14)13-9-4-5-16-11(9)15/h1-3,6,9H,4-5H2,(H,13,14)/t9-/m1/s1. The minimum atomic E-state index is -0.350. The molecule has 1 heterocycles. The molecule has 1 aromatic carbocycles. The number of carbonyl (C=O) groups excluding carboxylic acids is 2. The van der Waals surface area contributed by atoms with Gasteiger partial charge in [0.05, 0.1) is 6.04 Å². The van der Waals surface area contributed by atoms with Gasteiger partial charge in [-0.05, 0) is 24.6 Å². The maximum absolute atomic E-state index is 11.8. The molecule has 1 N–H and O–H groups in total. The van der Waals surface area contributed by atoms with Crippen LogP contribution in [0.25, 0.3) is 0 Å². The summed E-state index contributed by atoms with van der Waals surface area (Å²) in [5.74, 6) is 0.530. The Balaban J connectivity index is 2.05. The molecule has 0 saturated carbocycles. The lowest BCUT2D eigenvalue weighted by atomic mass is 10.2. The molecule has 5 heteroatoms. The lowest BCUT2D eigenvalue weighted by Crippen LogP contribution is -2.37. The summed E-state index contributed by atoms with van der Waals surface area (Å²) in [6.45, 7) is 0. The Morgan fingerprint density at radius 1 is 1.50 bits per heavy atom. The minimum absolute atomic E-state index is 0.0374. The van der Waals surface area contributed by atoms with Crippen molar-refractivity contribution in [1.29, 1.82) is 0 Å². The van der Waals surface area contributed by atoms with Gasteiger partial charge in [0.25, 0.3) is 5.91 Å². The predicted octanol–water partition coefficient (Wildman–Crippen LogP) is 2.10. The summed E-state index contributed by atoms with van der Waals surface area (Å²) in [5.41, 5.74) is 0.484. The Morgan fingerprint density at radius 2 is 2.31 bits per heavy atom. The summed E-state index contributed by atoms with van der Waals surface area (Å²) >= 11 is 7.05. The van der Waals surface area contributed by atoms with Crippen LogP contribution in [0.2, 0.25) is 5.02 Å². The van der Waals surface area contributed by atoms with E-state index in [1.807, 2.05) is 0 Å². The number of amides is 1. The molecule has 0 aromatic heterocycles. The fraction of sp³-hybridized carbons (Fsp3) is 0.273. The lowest BCUT2D eigenvalue weighted by molar-refractivity contribution is -0.112. The minimum Gasteiger partial charge on any atom is -0.341 e. The van der Waals surface area contributed by atoms with Crippen LogP contribution in [0.15, 0.2) is 24.3 Å². The third-order valence-electron chi connectivity index (χ3n) is 2.33. The van der Waals surface area contributed by atoms with E-state index in [9.17, 15) is 9.59 Å². The monoisotopic (exact) mass is 255 g/mol. The van der Waals surface area contributed by atoms with Crippen molar-refractivity contribution in [2.45, 2.75) is 12.5 Å². The molecular formula is C11H10ClNO2S. The third-order valence-corrected chi connectivity index (χ3v) is 3.57. The molecule has 0 spiro atoms. The van der Waals surface area contributed by atoms with Crippen molar-refractivity contribution in [1.82, 2.24) is 5.32 Å². The van der Waals surface area contributed by atoms with Crippen LogP contribution in [0.4, 0.5) is 0 Å². The maximum Gasteiger partial charge on any atom is 0.251 e. The van der Waals surface area contributed by atoms with E-state index in [0.29, 0.717) is 17.0 Å². The average molecular weight is 256 g/mol. The highest BCUT2D eigenvalue weighted by Crippen LogP contribution is 2.20. The molecule has 1 atom stereocenters. The fourth-order valence-electron chi connectivity index (χ4n) is 1.50. The van der Waals surface area contributed by atoms with Gasteiger partial charge in [-0.2, -0.15) is 0 Å².